The highest BCUT2D eigenvalue weighted by Crippen LogP contribution is 2.34. The molecule has 5 nitrogen and oxygen atoms in total. The van der Waals surface area contributed by atoms with Gasteiger partial charge in [-0.05, 0) is 11.4 Å². The standard InChI is InChI=1S/C6H4Cl2O5S2/c7-5(13-6(9)10)4-3(1-2-14-4)15(8,11)12/h1-2,5H,(H,9,10). The van der Waals surface area contributed by atoms with Crippen molar-refractivity contribution in [3.63, 3.8) is 0 Å². The normalized spacial score (nSPS) is 13.5. The third kappa shape index (κ3) is 3.23. The van der Waals surface area contributed by atoms with Gasteiger partial charge in [-0.1, -0.05) is 11.6 Å². The molecule has 0 aromatic carbocycles. The van der Waals surface area contributed by atoms with Crippen LogP contribution in [0.1, 0.15) is 10.4 Å². The van der Waals surface area contributed by atoms with Crippen LogP contribution in [0.15, 0.2) is 16.3 Å². The maximum absolute atomic E-state index is 11.0. The van der Waals surface area contributed by atoms with Gasteiger partial charge in [0.15, 0.2) is 0 Å². The summed E-state index contributed by atoms with van der Waals surface area (Å²) in [5.74, 6) is 0. The predicted octanol–water partition coefficient (Wildman–Crippen LogP) is 2.61. The van der Waals surface area contributed by atoms with Gasteiger partial charge >= 0.3 is 6.16 Å². The predicted molar refractivity (Wildman–Crippen MR) is 55.1 cm³/mol. The van der Waals surface area contributed by atoms with Crippen molar-refractivity contribution in [1.29, 1.82) is 0 Å². The molecule has 0 saturated carbocycles. The SMILES string of the molecule is O=C(O)OC(Cl)c1sccc1S(=O)(=O)Cl. The van der Waals surface area contributed by atoms with Crippen LogP contribution in [0.5, 0.6) is 0 Å². The lowest BCUT2D eigenvalue weighted by Gasteiger charge is -2.07. The number of rotatable bonds is 3. The molecule has 0 spiro atoms. The molecule has 1 N–H and O–H groups in total. The van der Waals surface area contributed by atoms with Crippen LogP contribution >= 0.6 is 33.6 Å². The number of ether oxygens (including phenoxy) is 1. The van der Waals surface area contributed by atoms with Gasteiger partial charge in [-0.25, -0.2) is 13.2 Å². The van der Waals surface area contributed by atoms with E-state index < -0.39 is 20.8 Å². The topological polar surface area (TPSA) is 80.7 Å². The average Bonchev–Trinajstić information content (AvgIpc) is 2.48. The van der Waals surface area contributed by atoms with Gasteiger partial charge < -0.3 is 9.84 Å². The maximum atomic E-state index is 11.0. The van der Waals surface area contributed by atoms with E-state index in [1.165, 1.54) is 11.4 Å². The van der Waals surface area contributed by atoms with Crippen LogP contribution in [0.4, 0.5) is 4.79 Å². The van der Waals surface area contributed by atoms with Crippen molar-refractivity contribution < 1.29 is 23.1 Å². The molecule has 0 bridgehead atoms. The summed E-state index contributed by atoms with van der Waals surface area (Å²) in [6, 6.07) is 1.23. The minimum atomic E-state index is -3.95. The molecule has 9 heteroatoms. The molecule has 84 valence electrons. The van der Waals surface area contributed by atoms with Gasteiger partial charge in [0.1, 0.15) is 4.90 Å². The zero-order chi connectivity index (χ0) is 11.6. The van der Waals surface area contributed by atoms with Crippen LogP contribution in [-0.2, 0) is 13.8 Å². The Morgan fingerprint density at radius 3 is 2.67 bits per heavy atom. The fourth-order valence-corrected chi connectivity index (χ4v) is 3.60. The van der Waals surface area contributed by atoms with Crippen LogP contribution in [0.25, 0.3) is 0 Å². The van der Waals surface area contributed by atoms with Gasteiger partial charge in [0.05, 0.1) is 4.88 Å². The summed E-state index contributed by atoms with van der Waals surface area (Å²) < 4.78 is 26.2. The van der Waals surface area contributed by atoms with E-state index in [4.69, 9.17) is 27.4 Å². The lowest BCUT2D eigenvalue weighted by atomic mass is 10.5. The summed E-state index contributed by atoms with van der Waals surface area (Å²) in [5, 5.41) is 9.71. The minimum absolute atomic E-state index is 0.0362. The van der Waals surface area contributed by atoms with E-state index in [9.17, 15) is 13.2 Å². The summed E-state index contributed by atoms with van der Waals surface area (Å²) in [4.78, 5) is 9.98. The van der Waals surface area contributed by atoms with Gasteiger partial charge in [0.2, 0.25) is 5.56 Å². The van der Waals surface area contributed by atoms with Crippen LogP contribution in [0, 0.1) is 0 Å². The minimum Gasteiger partial charge on any atom is -0.450 e. The fraction of sp³-hybridized carbons (Fsp3) is 0.167. The van der Waals surface area contributed by atoms with Gasteiger partial charge in [-0.3, -0.25) is 0 Å². The number of halogens is 2. The fourth-order valence-electron chi connectivity index (χ4n) is 0.818. The molecule has 0 amide bonds. The summed E-state index contributed by atoms with van der Waals surface area (Å²) in [6.07, 6.45) is -1.60. The Morgan fingerprint density at radius 2 is 2.20 bits per heavy atom. The largest absolute Gasteiger partial charge is 0.507 e. The van der Waals surface area contributed by atoms with E-state index in [-0.39, 0.29) is 9.77 Å². The molecule has 1 aromatic heterocycles. The molecule has 15 heavy (non-hydrogen) atoms. The Balaban J connectivity index is 3.06. The molecule has 1 rings (SSSR count). The number of carboxylic acid groups (broad SMARTS) is 1. The second-order valence-corrected chi connectivity index (χ2v) is 6.17. The van der Waals surface area contributed by atoms with Crippen molar-refractivity contribution in [1.82, 2.24) is 0 Å². The molecule has 1 atom stereocenters. The highest BCUT2D eigenvalue weighted by molar-refractivity contribution is 8.13. The average molecular weight is 291 g/mol. The van der Waals surface area contributed by atoms with E-state index in [1.807, 2.05) is 0 Å². The molecule has 1 unspecified atom stereocenters. The van der Waals surface area contributed by atoms with E-state index in [2.05, 4.69) is 4.74 Å². The van der Waals surface area contributed by atoms with E-state index >= 15 is 0 Å². The summed E-state index contributed by atoms with van der Waals surface area (Å²) in [5.41, 5.74) is -1.38. The molecule has 1 heterocycles. The van der Waals surface area contributed by atoms with Crippen LogP contribution in [0.3, 0.4) is 0 Å². The Morgan fingerprint density at radius 1 is 1.60 bits per heavy atom. The van der Waals surface area contributed by atoms with Crippen LogP contribution in [0.2, 0.25) is 0 Å². The van der Waals surface area contributed by atoms with Crippen LogP contribution < -0.4 is 0 Å². The number of hydrogen-bond donors (Lipinski definition) is 1. The van der Waals surface area contributed by atoms with Crippen molar-refractivity contribution in [2.45, 2.75) is 10.5 Å². The first-order valence-corrected chi connectivity index (χ1v) is 7.00. The molecule has 0 aliphatic carbocycles. The number of thiophene rings is 1. The molecule has 0 aliphatic rings. The molecule has 1 aromatic rings. The monoisotopic (exact) mass is 290 g/mol. The van der Waals surface area contributed by atoms with Crippen molar-refractivity contribution in [2.75, 3.05) is 0 Å². The molecule has 0 fully saturated rings. The smallest absolute Gasteiger partial charge is 0.450 e. The first kappa shape index (κ1) is 12.6. The summed E-state index contributed by atoms with van der Waals surface area (Å²) in [7, 11) is 1.16. The summed E-state index contributed by atoms with van der Waals surface area (Å²) >= 11 is 6.48. The second kappa shape index (κ2) is 4.56. The zero-order valence-corrected chi connectivity index (χ0v) is 10.0. The van der Waals surface area contributed by atoms with Crippen molar-refractivity contribution in [2.24, 2.45) is 0 Å². The zero-order valence-electron chi connectivity index (χ0n) is 6.88. The third-order valence-electron chi connectivity index (χ3n) is 1.33. The lowest BCUT2D eigenvalue weighted by Crippen LogP contribution is -2.05. The second-order valence-electron chi connectivity index (χ2n) is 2.29. The first-order chi connectivity index (χ1) is 6.82. The quantitative estimate of drug-likeness (QED) is 0.526. The lowest BCUT2D eigenvalue weighted by molar-refractivity contribution is 0.0801. The van der Waals surface area contributed by atoms with Crippen LogP contribution in [-0.4, -0.2) is 19.7 Å². The summed E-state index contributed by atoms with van der Waals surface area (Å²) in [6.45, 7) is 0. The van der Waals surface area contributed by atoms with E-state index in [1.54, 1.807) is 0 Å². The maximum Gasteiger partial charge on any atom is 0.507 e. The van der Waals surface area contributed by atoms with Gasteiger partial charge in [-0.15, -0.1) is 11.3 Å². The molecular weight excluding hydrogens is 287 g/mol. The van der Waals surface area contributed by atoms with Gasteiger partial charge in [0.25, 0.3) is 9.05 Å². The van der Waals surface area contributed by atoms with Crippen molar-refractivity contribution in [3.8, 4) is 0 Å². The van der Waals surface area contributed by atoms with Gasteiger partial charge in [0, 0.05) is 10.7 Å². The molecule has 0 saturated heterocycles. The Bertz CT molecular complexity index is 466. The molecular formula is C6H4Cl2O5S2. The highest BCUT2D eigenvalue weighted by atomic mass is 35.7. The Kier molecular flexibility index (Phi) is 3.82. The Hall–Kier alpha value is -0.500. The number of carbonyl (C=O) groups is 1. The van der Waals surface area contributed by atoms with E-state index in [0.29, 0.717) is 0 Å². The van der Waals surface area contributed by atoms with Gasteiger partial charge in [-0.2, -0.15) is 0 Å². The van der Waals surface area contributed by atoms with Crippen molar-refractivity contribution >= 4 is 48.8 Å². The molecule has 0 aliphatic heterocycles. The van der Waals surface area contributed by atoms with Crippen molar-refractivity contribution in [3.05, 3.63) is 16.3 Å². The third-order valence-corrected chi connectivity index (χ3v) is 4.24. The Labute approximate surface area is 98.6 Å². The molecule has 0 radical (unpaired) electrons. The first-order valence-electron chi connectivity index (χ1n) is 3.38. The van der Waals surface area contributed by atoms with E-state index in [0.717, 1.165) is 11.3 Å². The highest BCUT2D eigenvalue weighted by Gasteiger charge is 2.24. The number of alkyl halides is 1. The number of hydrogen-bond acceptors (Lipinski definition) is 5.